The third-order valence-electron chi connectivity index (χ3n) is 3.83. The van der Waals surface area contributed by atoms with Crippen LogP contribution in [0, 0.1) is 5.92 Å². The van der Waals surface area contributed by atoms with E-state index in [4.69, 9.17) is 5.73 Å². The zero-order chi connectivity index (χ0) is 15.4. The van der Waals surface area contributed by atoms with Crippen LogP contribution in [-0.4, -0.2) is 18.5 Å². The fourth-order valence-corrected chi connectivity index (χ4v) is 3.32. The summed E-state index contributed by atoms with van der Waals surface area (Å²) in [5, 5.41) is 2.97. The molecule has 1 amide bonds. The van der Waals surface area contributed by atoms with E-state index < -0.39 is 0 Å². The summed E-state index contributed by atoms with van der Waals surface area (Å²) >= 11 is 1.60. The summed E-state index contributed by atoms with van der Waals surface area (Å²) in [5.41, 5.74) is 6.75. The minimum Gasteiger partial charge on any atom is -0.350 e. The van der Waals surface area contributed by atoms with Crippen molar-refractivity contribution in [2.45, 2.75) is 28.7 Å². The van der Waals surface area contributed by atoms with E-state index in [9.17, 15) is 4.79 Å². The maximum Gasteiger partial charge on any atom is 0.252 e. The smallest absolute Gasteiger partial charge is 0.252 e. The number of hydrogen-bond acceptors (Lipinski definition) is 3. The van der Waals surface area contributed by atoms with Crippen molar-refractivity contribution in [2.24, 2.45) is 11.7 Å². The van der Waals surface area contributed by atoms with E-state index in [1.165, 1.54) is 12.8 Å². The van der Waals surface area contributed by atoms with Gasteiger partial charge >= 0.3 is 0 Å². The van der Waals surface area contributed by atoms with Crippen LogP contribution in [0.2, 0.25) is 0 Å². The molecule has 1 atom stereocenters. The Labute approximate surface area is 147 Å². The lowest BCUT2D eigenvalue weighted by Gasteiger charge is -2.13. The van der Waals surface area contributed by atoms with Gasteiger partial charge in [0.2, 0.25) is 0 Å². The second-order valence-electron chi connectivity index (χ2n) is 5.62. The zero-order valence-corrected chi connectivity index (χ0v) is 14.4. The number of carbonyl (C=O) groups is 1. The monoisotopic (exact) mass is 348 g/mol. The van der Waals surface area contributed by atoms with E-state index in [1.54, 1.807) is 11.8 Å². The first-order valence-electron chi connectivity index (χ1n) is 7.60. The van der Waals surface area contributed by atoms with Crippen LogP contribution in [-0.2, 0) is 0 Å². The van der Waals surface area contributed by atoms with Crippen LogP contribution in [0.4, 0.5) is 0 Å². The second kappa shape index (κ2) is 8.39. The lowest BCUT2D eigenvalue weighted by molar-refractivity contribution is 0.0947. The van der Waals surface area contributed by atoms with E-state index in [-0.39, 0.29) is 24.4 Å². The van der Waals surface area contributed by atoms with E-state index in [2.05, 4.69) is 5.32 Å². The molecule has 1 aliphatic rings. The van der Waals surface area contributed by atoms with Crippen LogP contribution >= 0.6 is 24.2 Å². The molecule has 0 heterocycles. The molecule has 1 aliphatic carbocycles. The predicted octanol–water partition coefficient (Wildman–Crippen LogP) is 3.73. The first kappa shape index (κ1) is 17.9. The van der Waals surface area contributed by atoms with Crippen molar-refractivity contribution in [1.82, 2.24) is 5.32 Å². The van der Waals surface area contributed by atoms with Crippen molar-refractivity contribution in [3.05, 3.63) is 60.2 Å². The topological polar surface area (TPSA) is 55.1 Å². The number of benzene rings is 2. The molecule has 0 radical (unpaired) electrons. The zero-order valence-electron chi connectivity index (χ0n) is 12.8. The Kier molecular flexibility index (Phi) is 6.51. The van der Waals surface area contributed by atoms with E-state index in [0.29, 0.717) is 18.0 Å². The van der Waals surface area contributed by atoms with Crippen LogP contribution in [0.15, 0.2) is 64.4 Å². The van der Waals surface area contributed by atoms with Gasteiger partial charge in [0.1, 0.15) is 0 Å². The van der Waals surface area contributed by atoms with Crippen LogP contribution in [0.5, 0.6) is 0 Å². The molecule has 3 rings (SSSR count). The van der Waals surface area contributed by atoms with Crippen molar-refractivity contribution >= 4 is 30.1 Å². The number of nitrogens with one attached hydrogen (secondary N) is 1. The van der Waals surface area contributed by atoms with Crippen molar-refractivity contribution in [2.75, 3.05) is 6.54 Å². The lowest BCUT2D eigenvalue weighted by Crippen LogP contribution is -2.38. The van der Waals surface area contributed by atoms with Crippen molar-refractivity contribution < 1.29 is 4.79 Å². The Morgan fingerprint density at radius 1 is 1.13 bits per heavy atom. The molecular formula is C18H21ClN2OS. The molecular weight excluding hydrogens is 328 g/mol. The number of rotatable bonds is 6. The normalized spacial score (nSPS) is 14.7. The van der Waals surface area contributed by atoms with E-state index >= 15 is 0 Å². The van der Waals surface area contributed by atoms with Gasteiger partial charge in [-0.15, -0.1) is 12.4 Å². The summed E-state index contributed by atoms with van der Waals surface area (Å²) in [6.07, 6.45) is 2.38. The largest absolute Gasteiger partial charge is 0.350 e. The summed E-state index contributed by atoms with van der Waals surface area (Å²) < 4.78 is 0. The lowest BCUT2D eigenvalue weighted by atomic mass is 10.2. The summed E-state index contributed by atoms with van der Waals surface area (Å²) in [7, 11) is 0. The standard InChI is InChI=1S/C18H20N2OS.ClH/c19-16(13-10-11-13)12-20-18(21)15-8-4-5-9-17(15)22-14-6-2-1-3-7-14;/h1-9,13,16H,10-12,19H2,(H,20,21);1H. The van der Waals surface area contributed by atoms with Gasteiger partial charge < -0.3 is 11.1 Å². The summed E-state index contributed by atoms with van der Waals surface area (Å²) in [4.78, 5) is 14.5. The van der Waals surface area contributed by atoms with Crippen molar-refractivity contribution in [3.8, 4) is 0 Å². The third-order valence-corrected chi connectivity index (χ3v) is 4.91. The first-order valence-corrected chi connectivity index (χ1v) is 8.41. The van der Waals surface area contributed by atoms with Crippen LogP contribution in [0.3, 0.4) is 0 Å². The number of nitrogens with two attached hydrogens (primary N) is 1. The third kappa shape index (κ3) is 4.99. The Balaban J connectivity index is 0.00000192. The maximum absolute atomic E-state index is 12.4. The fourth-order valence-electron chi connectivity index (χ4n) is 2.36. The Bertz CT molecular complexity index is 646. The highest BCUT2D eigenvalue weighted by Gasteiger charge is 2.28. The maximum atomic E-state index is 12.4. The number of amides is 1. The van der Waals surface area contributed by atoms with Crippen LogP contribution in [0.1, 0.15) is 23.2 Å². The van der Waals surface area contributed by atoms with Gasteiger partial charge in [-0.1, -0.05) is 42.1 Å². The van der Waals surface area contributed by atoms with Crippen molar-refractivity contribution in [1.29, 1.82) is 0 Å². The highest BCUT2D eigenvalue weighted by Crippen LogP contribution is 2.32. The summed E-state index contributed by atoms with van der Waals surface area (Å²) in [6, 6.07) is 17.9. The molecule has 0 aliphatic heterocycles. The van der Waals surface area contributed by atoms with Crippen LogP contribution in [0.25, 0.3) is 0 Å². The summed E-state index contributed by atoms with van der Waals surface area (Å²) in [6.45, 7) is 0.549. The molecule has 2 aromatic carbocycles. The SMILES string of the molecule is Cl.NC(CNC(=O)c1ccccc1Sc1ccccc1)C1CC1. The Morgan fingerprint density at radius 2 is 1.78 bits per heavy atom. The van der Waals surface area contributed by atoms with Gasteiger partial charge in [0.25, 0.3) is 5.91 Å². The minimum absolute atomic E-state index is 0. The van der Waals surface area contributed by atoms with Gasteiger partial charge in [-0.25, -0.2) is 0 Å². The molecule has 3 nitrogen and oxygen atoms in total. The van der Waals surface area contributed by atoms with Gasteiger partial charge in [0.05, 0.1) is 5.56 Å². The molecule has 122 valence electrons. The average molecular weight is 349 g/mol. The van der Waals surface area contributed by atoms with Crippen molar-refractivity contribution in [3.63, 3.8) is 0 Å². The molecule has 0 spiro atoms. The molecule has 1 unspecified atom stereocenters. The fraction of sp³-hybridized carbons (Fsp3) is 0.278. The molecule has 2 aromatic rings. The molecule has 5 heteroatoms. The molecule has 3 N–H and O–H groups in total. The predicted molar refractivity (Wildman–Crippen MR) is 97.3 cm³/mol. The molecule has 1 saturated carbocycles. The summed E-state index contributed by atoms with van der Waals surface area (Å²) in [5.74, 6) is 0.546. The second-order valence-corrected chi connectivity index (χ2v) is 6.74. The van der Waals surface area contributed by atoms with Gasteiger partial charge in [0, 0.05) is 22.4 Å². The average Bonchev–Trinajstić information content (AvgIpc) is 3.39. The van der Waals surface area contributed by atoms with Gasteiger partial charge in [-0.2, -0.15) is 0 Å². The molecule has 0 saturated heterocycles. The first-order chi connectivity index (χ1) is 10.7. The van der Waals surface area contributed by atoms with E-state index in [0.717, 1.165) is 9.79 Å². The molecule has 23 heavy (non-hydrogen) atoms. The molecule has 0 bridgehead atoms. The van der Waals surface area contributed by atoms with Crippen LogP contribution < -0.4 is 11.1 Å². The quantitative estimate of drug-likeness (QED) is 0.836. The Hall–Kier alpha value is -1.49. The number of hydrogen-bond donors (Lipinski definition) is 2. The Morgan fingerprint density at radius 3 is 2.48 bits per heavy atom. The minimum atomic E-state index is -0.0462. The molecule has 0 aromatic heterocycles. The van der Waals surface area contributed by atoms with E-state index in [1.807, 2.05) is 54.6 Å². The number of halogens is 1. The van der Waals surface area contributed by atoms with Gasteiger partial charge in [-0.3, -0.25) is 4.79 Å². The van der Waals surface area contributed by atoms with Gasteiger partial charge in [-0.05, 0) is 43.0 Å². The van der Waals surface area contributed by atoms with Gasteiger partial charge in [0.15, 0.2) is 0 Å². The highest BCUT2D eigenvalue weighted by atomic mass is 35.5. The highest BCUT2D eigenvalue weighted by molar-refractivity contribution is 7.99. The molecule has 1 fully saturated rings. The number of carbonyl (C=O) groups excluding carboxylic acids is 1.